The molecule has 0 atom stereocenters. The molecule has 0 aromatic heterocycles. The summed E-state index contributed by atoms with van der Waals surface area (Å²) >= 11 is 4.17. The van der Waals surface area contributed by atoms with Gasteiger partial charge in [0.2, 0.25) is 0 Å². The van der Waals surface area contributed by atoms with Crippen LogP contribution < -0.4 is 0 Å². The van der Waals surface area contributed by atoms with Crippen molar-refractivity contribution >= 4 is 12.6 Å². The van der Waals surface area contributed by atoms with Crippen LogP contribution in [-0.4, -0.2) is 41.0 Å². The van der Waals surface area contributed by atoms with Gasteiger partial charge in [-0.1, -0.05) is 12.2 Å². The van der Waals surface area contributed by atoms with Crippen molar-refractivity contribution in [2.45, 2.75) is 25.4 Å². The Balaban J connectivity index is 2.29. The van der Waals surface area contributed by atoms with Crippen LogP contribution in [0, 0.1) is 0 Å². The third-order valence-corrected chi connectivity index (χ3v) is 3.05. The second kappa shape index (κ2) is 4.49. The Morgan fingerprint density at radius 1 is 1.54 bits per heavy atom. The molecule has 1 saturated heterocycles. The summed E-state index contributed by atoms with van der Waals surface area (Å²) in [5.41, 5.74) is 0.712. The molecule has 1 rings (SSSR count). The number of hydrogen-bond donors (Lipinski definition) is 2. The van der Waals surface area contributed by atoms with E-state index in [0.29, 0.717) is 0 Å². The average Bonchev–Trinajstić information content (AvgIpc) is 2.08. The summed E-state index contributed by atoms with van der Waals surface area (Å²) in [7, 11) is 0. The van der Waals surface area contributed by atoms with Crippen LogP contribution >= 0.6 is 12.6 Å². The van der Waals surface area contributed by atoms with Crippen LogP contribution in [0.2, 0.25) is 0 Å². The van der Waals surface area contributed by atoms with Gasteiger partial charge in [0, 0.05) is 25.4 Å². The molecule has 0 bridgehead atoms. The standard InChI is InChI=1S/C10H19NOS/c1-9(8-13)7-11-5-3-10(2,12)4-6-11/h12-13H,1,3-8H2,2H3. The maximum Gasteiger partial charge on any atom is 0.0644 e. The quantitative estimate of drug-likeness (QED) is 0.531. The van der Waals surface area contributed by atoms with Gasteiger partial charge >= 0.3 is 0 Å². The minimum atomic E-state index is -0.446. The Kier molecular flexibility index (Phi) is 3.83. The molecule has 1 N–H and O–H groups in total. The summed E-state index contributed by atoms with van der Waals surface area (Å²) in [6.07, 6.45) is 1.74. The lowest BCUT2D eigenvalue weighted by atomic mass is 9.94. The molecule has 1 heterocycles. The van der Waals surface area contributed by atoms with Crippen LogP contribution in [0.1, 0.15) is 19.8 Å². The van der Waals surface area contributed by atoms with Gasteiger partial charge in [0.1, 0.15) is 0 Å². The van der Waals surface area contributed by atoms with Gasteiger partial charge in [-0.25, -0.2) is 0 Å². The van der Waals surface area contributed by atoms with Crippen molar-refractivity contribution in [2.24, 2.45) is 0 Å². The fraction of sp³-hybridized carbons (Fsp3) is 0.800. The van der Waals surface area contributed by atoms with Crippen LogP contribution in [0.4, 0.5) is 0 Å². The van der Waals surface area contributed by atoms with Gasteiger partial charge in [-0.15, -0.1) is 0 Å². The second-order valence-electron chi connectivity index (χ2n) is 4.18. The molecule has 0 amide bonds. The van der Waals surface area contributed by atoms with Crippen LogP contribution in [-0.2, 0) is 0 Å². The molecule has 3 heteroatoms. The summed E-state index contributed by atoms with van der Waals surface area (Å²) in [5, 5.41) is 9.72. The zero-order chi connectivity index (χ0) is 9.90. The van der Waals surface area contributed by atoms with Crippen molar-refractivity contribution in [2.75, 3.05) is 25.4 Å². The van der Waals surface area contributed by atoms with Crippen molar-refractivity contribution in [1.29, 1.82) is 0 Å². The summed E-state index contributed by atoms with van der Waals surface area (Å²) in [6.45, 7) is 8.71. The minimum Gasteiger partial charge on any atom is -0.390 e. The van der Waals surface area contributed by atoms with Crippen LogP contribution in [0.15, 0.2) is 12.2 Å². The van der Waals surface area contributed by atoms with E-state index in [0.717, 1.165) is 43.8 Å². The van der Waals surface area contributed by atoms with Gasteiger partial charge in [0.25, 0.3) is 0 Å². The van der Waals surface area contributed by atoms with E-state index in [9.17, 15) is 5.11 Å². The van der Waals surface area contributed by atoms with Gasteiger partial charge in [-0.05, 0) is 19.8 Å². The van der Waals surface area contributed by atoms with E-state index >= 15 is 0 Å². The smallest absolute Gasteiger partial charge is 0.0644 e. The third-order valence-electron chi connectivity index (χ3n) is 2.60. The SMILES string of the molecule is C=C(CS)CN1CCC(C)(O)CC1. The Morgan fingerprint density at radius 2 is 2.08 bits per heavy atom. The largest absolute Gasteiger partial charge is 0.390 e. The van der Waals surface area contributed by atoms with Gasteiger partial charge in [-0.2, -0.15) is 12.6 Å². The molecule has 1 fully saturated rings. The van der Waals surface area contributed by atoms with Gasteiger partial charge in [-0.3, -0.25) is 4.90 Å². The first-order valence-electron chi connectivity index (χ1n) is 4.76. The third kappa shape index (κ3) is 3.71. The van der Waals surface area contributed by atoms with Crippen LogP contribution in [0.3, 0.4) is 0 Å². The van der Waals surface area contributed by atoms with E-state index in [1.165, 1.54) is 0 Å². The molecule has 0 unspecified atom stereocenters. The van der Waals surface area contributed by atoms with E-state index in [-0.39, 0.29) is 0 Å². The summed E-state index contributed by atoms with van der Waals surface area (Å²) in [5.74, 6) is 0.757. The van der Waals surface area contributed by atoms with Gasteiger partial charge in [0.05, 0.1) is 5.60 Å². The molecule has 76 valence electrons. The molecule has 0 aliphatic carbocycles. The predicted molar refractivity (Wildman–Crippen MR) is 59.3 cm³/mol. The second-order valence-corrected chi connectivity index (χ2v) is 4.50. The van der Waals surface area contributed by atoms with E-state index in [2.05, 4.69) is 24.1 Å². The maximum absolute atomic E-state index is 9.72. The molecule has 0 aromatic carbocycles. The number of rotatable bonds is 3. The van der Waals surface area contributed by atoms with Gasteiger partial charge in [0.15, 0.2) is 0 Å². The molecule has 0 aromatic rings. The van der Waals surface area contributed by atoms with Crippen molar-refractivity contribution in [3.05, 3.63) is 12.2 Å². The average molecular weight is 201 g/mol. The maximum atomic E-state index is 9.72. The summed E-state index contributed by atoms with van der Waals surface area (Å²) in [4.78, 5) is 2.33. The molecular formula is C10H19NOS. The number of nitrogens with zero attached hydrogens (tertiary/aromatic N) is 1. The van der Waals surface area contributed by atoms with Crippen molar-refractivity contribution in [1.82, 2.24) is 4.90 Å². The first kappa shape index (κ1) is 11.1. The predicted octanol–water partition coefficient (Wildman–Crippen LogP) is 1.32. The van der Waals surface area contributed by atoms with Crippen molar-refractivity contribution in [3.63, 3.8) is 0 Å². The number of aliphatic hydroxyl groups is 1. The zero-order valence-corrected chi connectivity index (χ0v) is 9.19. The summed E-state index contributed by atoms with van der Waals surface area (Å²) < 4.78 is 0. The van der Waals surface area contributed by atoms with Gasteiger partial charge < -0.3 is 5.11 Å². The van der Waals surface area contributed by atoms with Crippen LogP contribution in [0.5, 0.6) is 0 Å². The molecule has 0 spiro atoms. The fourth-order valence-corrected chi connectivity index (χ4v) is 1.66. The summed E-state index contributed by atoms with van der Waals surface area (Å²) in [6, 6.07) is 0. The van der Waals surface area contributed by atoms with Crippen LogP contribution in [0.25, 0.3) is 0 Å². The normalized spacial score (nSPS) is 23.0. The number of piperidine rings is 1. The fourth-order valence-electron chi connectivity index (χ4n) is 1.56. The number of thiol groups is 1. The first-order valence-corrected chi connectivity index (χ1v) is 5.39. The molecule has 0 saturated carbocycles. The Morgan fingerprint density at radius 3 is 2.54 bits per heavy atom. The highest BCUT2D eigenvalue weighted by Gasteiger charge is 2.26. The lowest BCUT2D eigenvalue weighted by Gasteiger charge is -2.35. The highest BCUT2D eigenvalue weighted by atomic mass is 32.1. The number of likely N-dealkylation sites (tertiary alicyclic amines) is 1. The molecular weight excluding hydrogens is 182 g/mol. The van der Waals surface area contributed by atoms with E-state index in [1.54, 1.807) is 0 Å². The molecule has 13 heavy (non-hydrogen) atoms. The molecule has 1 aliphatic heterocycles. The zero-order valence-electron chi connectivity index (χ0n) is 8.29. The Bertz CT molecular complexity index is 181. The van der Waals surface area contributed by atoms with E-state index in [4.69, 9.17) is 0 Å². The lowest BCUT2D eigenvalue weighted by molar-refractivity contribution is -0.00297. The molecule has 1 aliphatic rings. The Hall–Kier alpha value is 0.01000. The highest BCUT2D eigenvalue weighted by Crippen LogP contribution is 2.21. The highest BCUT2D eigenvalue weighted by molar-refractivity contribution is 7.80. The lowest BCUT2D eigenvalue weighted by Crippen LogP contribution is -2.43. The minimum absolute atomic E-state index is 0.446. The number of hydrogen-bond acceptors (Lipinski definition) is 3. The first-order chi connectivity index (χ1) is 6.03. The Labute approximate surface area is 86.0 Å². The van der Waals surface area contributed by atoms with Crippen molar-refractivity contribution < 1.29 is 5.11 Å². The molecule has 2 nitrogen and oxygen atoms in total. The van der Waals surface area contributed by atoms with E-state index in [1.807, 2.05) is 6.92 Å². The monoisotopic (exact) mass is 201 g/mol. The van der Waals surface area contributed by atoms with E-state index < -0.39 is 5.60 Å². The molecule has 0 radical (unpaired) electrons. The van der Waals surface area contributed by atoms with Crippen molar-refractivity contribution in [3.8, 4) is 0 Å². The topological polar surface area (TPSA) is 23.5 Å².